The topological polar surface area (TPSA) is 77.0 Å². The first-order chi connectivity index (χ1) is 8.74. The molecule has 1 fully saturated rings. The zero-order valence-corrected chi connectivity index (χ0v) is 9.99. The maximum absolute atomic E-state index is 12.2. The fraction of sp³-hybridized carbons (Fsp3) is 0.417. The smallest absolute Gasteiger partial charge is 0.278 e. The monoisotopic (exact) mass is 245 g/mol. The van der Waals surface area contributed by atoms with Gasteiger partial charge in [-0.25, -0.2) is 0 Å². The zero-order chi connectivity index (χ0) is 12.5. The molecular formula is C12H15N5O. The van der Waals surface area contributed by atoms with Crippen LogP contribution in [0.4, 0.5) is 0 Å². The molecule has 0 aliphatic carbocycles. The first-order valence-electron chi connectivity index (χ1n) is 6.04. The van der Waals surface area contributed by atoms with E-state index < -0.39 is 0 Å². The van der Waals surface area contributed by atoms with Crippen LogP contribution in [0, 0.1) is 0 Å². The molecule has 3 rings (SSSR count). The van der Waals surface area contributed by atoms with Gasteiger partial charge in [-0.3, -0.25) is 9.69 Å². The molecule has 2 aromatic rings. The van der Waals surface area contributed by atoms with Gasteiger partial charge in [-0.15, -0.1) is 5.10 Å². The Bertz CT molecular complexity index is 623. The average Bonchev–Trinajstić information content (AvgIpc) is 2.79. The second-order valence-electron chi connectivity index (χ2n) is 4.68. The number of fused-ring (bicyclic) bond motifs is 1. The molecule has 0 amide bonds. The number of hydrogen-bond donors (Lipinski definition) is 1. The summed E-state index contributed by atoms with van der Waals surface area (Å²) in [6, 6.07) is 7.45. The van der Waals surface area contributed by atoms with Crippen molar-refractivity contribution in [3.8, 4) is 0 Å². The summed E-state index contributed by atoms with van der Waals surface area (Å²) in [5.41, 5.74) is 6.38. The number of benzene rings is 1. The predicted molar refractivity (Wildman–Crippen MR) is 68.0 cm³/mol. The Kier molecular flexibility index (Phi) is 2.81. The molecule has 1 unspecified atom stereocenters. The van der Waals surface area contributed by atoms with Crippen molar-refractivity contribution in [3.63, 3.8) is 0 Å². The van der Waals surface area contributed by atoms with Crippen LogP contribution in [0.5, 0.6) is 0 Å². The average molecular weight is 245 g/mol. The second kappa shape index (κ2) is 4.47. The summed E-state index contributed by atoms with van der Waals surface area (Å²) in [6.07, 6.45) is 0.968. The number of rotatable bonds is 2. The SMILES string of the molecule is NC1CCN(Cn2nnc3ccccc3c2=O)C1. The van der Waals surface area contributed by atoms with E-state index in [1.807, 2.05) is 12.1 Å². The molecule has 2 N–H and O–H groups in total. The van der Waals surface area contributed by atoms with Crippen LogP contribution in [0.2, 0.25) is 0 Å². The Hall–Kier alpha value is -1.79. The minimum atomic E-state index is -0.0962. The molecule has 1 aliphatic rings. The molecule has 1 aliphatic heterocycles. The van der Waals surface area contributed by atoms with Gasteiger partial charge >= 0.3 is 0 Å². The van der Waals surface area contributed by atoms with E-state index >= 15 is 0 Å². The highest BCUT2D eigenvalue weighted by Crippen LogP contribution is 2.08. The summed E-state index contributed by atoms with van der Waals surface area (Å²) in [5.74, 6) is 0. The van der Waals surface area contributed by atoms with Crippen molar-refractivity contribution in [2.45, 2.75) is 19.1 Å². The van der Waals surface area contributed by atoms with Gasteiger partial charge in [0.2, 0.25) is 0 Å². The van der Waals surface area contributed by atoms with E-state index in [0.29, 0.717) is 17.6 Å². The molecule has 1 saturated heterocycles. The van der Waals surface area contributed by atoms with Crippen LogP contribution in [0.15, 0.2) is 29.1 Å². The number of nitrogens with zero attached hydrogens (tertiary/aromatic N) is 4. The lowest BCUT2D eigenvalue weighted by Crippen LogP contribution is -2.34. The van der Waals surface area contributed by atoms with Crippen LogP contribution >= 0.6 is 0 Å². The van der Waals surface area contributed by atoms with E-state index in [1.54, 1.807) is 12.1 Å². The summed E-state index contributed by atoms with van der Waals surface area (Å²) in [7, 11) is 0. The molecule has 0 saturated carbocycles. The van der Waals surface area contributed by atoms with Crippen LogP contribution < -0.4 is 11.3 Å². The molecule has 2 heterocycles. The summed E-state index contributed by atoms with van der Waals surface area (Å²) in [5, 5.41) is 8.63. The van der Waals surface area contributed by atoms with Gasteiger partial charge in [-0.1, -0.05) is 17.3 Å². The van der Waals surface area contributed by atoms with Crippen LogP contribution in [0.25, 0.3) is 10.9 Å². The van der Waals surface area contributed by atoms with Gasteiger partial charge in [0.05, 0.1) is 12.1 Å². The fourth-order valence-corrected chi connectivity index (χ4v) is 2.30. The molecular weight excluding hydrogens is 230 g/mol. The van der Waals surface area contributed by atoms with E-state index in [2.05, 4.69) is 15.2 Å². The van der Waals surface area contributed by atoms with Gasteiger partial charge in [0.1, 0.15) is 5.52 Å². The van der Waals surface area contributed by atoms with Gasteiger partial charge in [-0.05, 0) is 18.6 Å². The third-order valence-electron chi connectivity index (χ3n) is 3.27. The standard InChI is InChI=1S/C12H15N5O/c13-9-5-6-16(7-9)8-17-12(18)10-3-1-2-4-11(10)14-15-17/h1-4,9H,5-8,13H2. The quantitative estimate of drug-likeness (QED) is 0.791. The lowest BCUT2D eigenvalue weighted by Gasteiger charge is -2.15. The fourth-order valence-electron chi connectivity index (χ4n) is 2.30. The van der Waals surface area contributed by atoms with E-state index in [-0.39, 0.29) is 11.6 Å². The first kappa shape index (κ1) is 11.3. The van der Waals surface area contributed by atoms with Gasteiger partial charge in [0.25, 0.3) is 5.56 Å². The zero-order valence-electron chi connectivity index (χ0n) is 9.99. The summed E-state index contributed by atoms with van der Waals surface area (Å²) in [4.78, 5) is 14.3. The van der Waals surface area contributed by atoms with Crippen molar-refractivity contribution in [2.24, 2.45) is 5.73 Å². The van der Waals surface area contributed by atoms with Crippen molar-refractivity contribution >= 4 is 10.9 Å². The number of nitrogens with two attached hydrogens (primary N) is 1. The van der Waals surface area contributed by atoms with E-state index in [9.17, 15) is 4.79 Å². The number of hydrogen-bond acceptors (Lipinski definition) is 5. The third kappa shape index (κ3) is 2.00. The minimum absolute atomic E-state index is 0.0962. The molecule has 1 atom stereocenters. The Morgan fingerprint density at radius 3 is 3.00 bits per heavy atom. The largest absolute Gasteiger partial charge is 0.326 e. The highest BCUT2D eigenvalue weighted by molar-refractivity contribution is 5.76. The molecule has 1 aromatic carbocycles. The second-order valence-corrected chi connectivity index (χ2v) is 4.68. The van der Waals surface area contributed by atoms with Crippen molar-refractivity contribution in [2.75, 3.05) is 13.1 Å². The molecule has 18 heavy (non-hydrogen) atoms. The van der Waals surface area contributed by atoms with Crippen LogP contribution in [-0.4, -0.2) is 39.0 Å². The number of aromatic nitrogens is 3. The highest BCUT2D eigenvalue weighted by atomic mass is 16.1. The van der Waals surface area contributed by atoms with Gasteiger partial charge in [0, 0.05) is 19.1 Å². The van der Waals surface area contributed by atoms with Crippen molar-refractivity contribution < 1.29 is 0 Å². The van der Waals surface area contributed by atoms with Gasteiger partial charge < -0.3 is 5.73 Å². The Morgan fingerprint density at radius 2 is 2.22 bits per heavy atom. The predicted octanol–water partition coefficient (Wildman–Crippen LogP) is -0.218. The molecule has 0 radical (unpaired) electrons. The van der Waals surface area contributed by atoms with Crippen LogP contribution in [0.3, 0.4) is 0 Å². The van der Waals surface area contributed by atoms with E-state index in [0.717, 1.165) is 19.5 Å². The lowest BCUT2D eigenvalue weighted by molar-refractivity contribution is 0.242. The summed E-state index contributed by atoms with van der Waals surface area (Å²) in [6.45, 7) is 2.17. The van der Waals surface area contributed by atoms with Crippen molar-refractivity contribution in [3.05, 3.63) is 34.6 Å². The Balaban J connectivity index is 1.93. The van der Waals surface area contributed by atoms with Gasteiger partial charge in [0.15, 0.2) is 0 Å². The third-order valence-corrected chi connectivity index (χ3v) is 3.27. The molecule has 1 aromatic heterocycles. The van der Waals surface area contributed by atoms with Crippen LogP contribution in [0.1, 0.15) is 6.42 Å². The van der Waals surface area contributed by atoms with Gasteiger partial charge in [-0.2, -0.15) is 4.68 Å². The molecule has 6 heteroatoms. The number of likely N-dealkylation sites (tertiary alicyclic amines) is 1. The Morgan fingerprint density at radius 1 is 1.39 bits per heavy atom. The maximum Gasteiger partial charge on any atom is 0.278 e. The van der Waals surface area contributed by atoms with Crippen molar-refractivity contribution in [1.82, 2.24) is 19.9 Å². The molecule has 0 bridgehead atoms. The highest BCUT2D eigenvalue weighted by Gasteiger charge is 2.20. The van der Waals surface area contributed by atoms with E-state index in [1.165, 1.54) is 4.68 Å². The summed E-state index contributed by atoms with van der Waals surface area (Å²) < 4.78 is 1.40. The molecule has 94 valence electrons. The Labute approximate surface area is 104 Å². The summed E-state index contributed by atoms with van der Waals surface area (Å²) >= 11 is 0. The minimum Gasteiger partial charge on any atom is -0.326 e. The maximum atomic E-state index is 12.2. The van der Waals surface area contributed by atoms with Crippen LogP contribution in [-0.2, 0) is 6.67 Å². The molecule has 0 spiro atoms. The first-order valence-corrected chi connectivity index (χ1v) is 6.04. The normalized spacial score (nSPS) is 20.6. The van der Waals surface area contributed by atoms with Crippen molar-refractivity contribution in [1.29, 1.82) is 0 Å². The lowest BCUT2D eigenvalue weighted by atomic mass is 10.2. The van der Waals surface area contributed by atoms with E-state index in [4.69, 9.17) is 5.73 Å². The molecule has 6 nitrogen and oxygen atoms in total.